The van der Waals surface area contributed by atoms with Gasteiger partial charge >= 0.3 is 6.03 Å². The van der Waals surface area contributed by atoms with Crippen molar-refractivity contribution in [3.05, 3.63) is 59.2 Å². The molecule has 0 spiro atoms. The van der Waals surface area contributed by atoms with E-state index < -0.39 is 6.10 Å². The normalized spacial score (nSPS) is 16.1. The highest BCUT2D eigenvalue weighted by molar-refractivity contribution is 5.75. The van der Waals surface area contributed by atoms with Gasteiger partial charge in [-0.2, -0.15) is 0 Å². The second kappa shape index (κ2) is 7.44. The lowest BCUT2D eigenvalue weighted by atomic mass is 9.95. The van der Waals surface area contributed by atoms with Gasteiger partial charge in [-0.1, -0.05) is 30.3 Å². The summed E-state index contributed by atoms with van der Waals surface area (Å²) >= 11 is 0. The summed E-state index contributed by atoms with van der Waals surface area (Å²) in [6.07, 6.45) is -0.823. The largest absolute Gasteiger partial charge is 0.496 e. The van der Waals surface area contributed by atoms with Crippen LogP contribution in [0.1, 0.15) is 22.8 Å². The molecule has 2 aromatic rings. The summed E-state index contributed by atoms with van der Waals surface area (Å²) < 4.78 is 10.7. The molecule has 2 aromatic carbocycles. The Bertz CT molecular complexity index is 749. The Hall–Kier alpha value is -2.73. The van der Waals surface area contributed by atoms with Gasteiger partial charge < -0.3 is 24.8 Å². The number of β-amino-alcohol motifs (C(OH)–C–C–N with tert-alkyl or cyclic N) is 1. The Morgan fingerprint density at radius 3 is 2.52 bits per heavy atom. The second-order valence-electron chi connectivity index (χ2n) is 5.90. The van der Waals surface area contributed by atoms with E-state index in [0.717, 1.165) is 11.1 Å². The Balaban J connectivity index is 1.77. The average molecular weight is 342 g/mol. The van der Waals surface area contributed by atoms with E-state index in [4.69, 9.17) is 9.47 Å². The van der Waals surface area contributed by atoms with E-state index in [1.165, 1.54) is 0 Å². The minimum atomic E-state index is -0.823. The number of rotatable bonds is 4. The molecular formula is C19H22N2O4. The van der Waals surface area contributed by atoms with Crippen LogP contribution in [0.4, 0.5) is 4.79 Å². The third kappa shape index (κ3) is 3.53. The maximum atomic E-state index is 12.5. The molecule has 0 aromatic heterocycles. The van der Waals surface area contributed by atoms with Gasteiger partial charge in [-0.25, -0.2) is 4.79 Å². The summed E-state index contributed by atoms with van der Waals surface area (Å²) in [4.78, 5) is 14.1. The van der Waals surface area contributed by atoms with Crippen molar-refractivity contribution in [3.8, 4) is 11.5 Å². The highest BCUT2D eigenvalue weighted by Crippen LogP contribution is 2.39. The third-order valence-corrected chi connectivity index (χ3v) is 4.36. The second-order valence-corrected chi connectivity index (χ2v) is 5.90. The molecule has 0 saturated heterocycles. The number of fused-ring (bicyclic) bond motifs is 1. The van der Waals surface area contributed by atoms with Crippen LogP contribution in [0.25, 0.3) is 0 Å². The fourth-order valence-corrected chi connectivity index (χ4v) is 3.12. The van der Waals surface area contributed by atoms with Gasteiger partial charge in [0.15, 0.2) is 0 Å². The summed E-state index contributed by atoms with van der Waals surface area (Å²) in [5.41, 5.74) is 2.48. The van der Waals surface area contributed by atoms with Crippen molar-refractivity contribution in [2.75, 3.05) is 20.8 Å². The van der Waals surface area contributed by atoms with Gasteiger partial charge in [-0.3, -0.25) is 0 Å². The zero-order valence-electron chi connectivity index (χ0n) is 14.4. The van der Waals surface area contributed by atoms with Gasteiger partial charge in [-0.05, 0) is 17.7 Å². The number of carbonyl (C=O) groups excluding carboxylic acids is 1. The van der Waals surface area contributed by atoms with E-state index in [1.54, 1.807) is 31.3 Å². The van der Waals surface area contributed by atoms with Crippen LogP contribution in [-0.2, 0) is 13.1 Å². The summed E-state index contributed by atoms with van der Waals surface area (Å²) in [5, 5.41) is 13.4. The number of benzene rings is 2. The quantitative estimate of drug-likeness (QED) is 0.895. The zero-order valence-corrected chi connectivity index (χ0v) is 14.4. The van der Waals surface area contributed by atoms with Crippen LogP contribution >= 0.6 is 0 Å². The predicted octanol–water partition coefficient (Wildman–Crippen LogP) is 2.46. The molecule has 2 N–H and O–H groups in total. The number of methoxy groups -OCH3 is 2. The summed E-state index contributed by atoms with van der Waals surface area (Å²) in [6.45, 7) is 0.999. The first-order valence-electron chi connectivity index (χ1n) is 8.12. The van der Waals surface area contributed by atoms with Crippen LogP contribution < -0.4 is 14.8 Å². The number of nitrogens with one attached hydrogen (secondary N) is 1. The molecule has 0 saturated carbocycles. The topological polar surface area (TPSA) is 71.0 Å². The molecule has 25 heavy (non-hydrogen) atoms. The monoisotopic (exact) mass is 342 g/mol. The Kier molecular flexibility index (Phi) is 5.09. The van der Waals surface area contributed by atoms with Crippen LogP contribution in [0.3, 0.4) is 0 Å². The molecule has 1 aliphatic heterocycles. The predicted molar refractivity (Wildman–Crippen MR) is 93.6 cm³/mol. The Labute approximate surface area is 147 Å². The van der Waals surface area contributed by atoms with Crippen molar-refractivity contribution in [1.29, 1.82) is 0 Å². The number of amides is 2. The fourth-order valence-electron chi connectivity index (χ4n) is 3.12. The van der Waals surface area contributed by atoms with E-state index in [0.29, 0.717) is 30.2 Å². The number of hydrogen-bond acceptors (Lipinski definition) is 4. The molecule has 0 fully saturated rings. The van der Waals surface area contributed by atoms with Gasteiger partial charge in [-0.15, -0.1) is 0 Å². The number of aliphatic hydroxyl groups excluding tert-OH is 1. The van der Waals surface area contributed by atoms with Crippen LogP contribution in [-0.4, -0.2) is 36.8 Å². The SMILES string of the molecule is COc1ccc(OC)c2c1CN(C(=O)NCc1ccccc1)CC2O. The molecule has 0 radical (unpaired) electrons. The molecule has 1 heterocycles. The van der Waals surface area contributed by atoms with Crippen molar-refractivity contribution in [1.82, 2.24) is 10.2 Å². The summed E-state index contributed by atoms with van der Waals surface area (Å²) in [6, 6.07) is 13.0. The molecule has 0 bridgehead atoms. The lowest BCUT2D eigenvalue weighted by Crippen LogP contribution is -2.44. The van der Waals surface area contributed by atoms with Crippen LogP contribution in [0.2, 0.25) is 0 Å². The molecule has 1 unspecified atom stereocenters. The van der Waals surface area contributed by atoms with Crippen molar-refractivity contribution < 1.29 is 19.4 Å². The number of ether oxygens (including phenoxy) is 2. The van der Waals surface area contributed by atoms with Crippen LogP contribution in [0.15, 0.2) is 42.5 Å². The summed E-state index contributed by atoms with van der Waals surface area (Å²) in [5.74, 6) is 1.24. The zero-order chi connectivity index (χ0) is 17.8. The van der Waals surface area contributed by atoms with E-state index in [2.05, 4.69) is 5.32 Å². The van der Waals surface area contributed by atoms with Crippen molar-refractivity contribution in [2.45, 2.75) is 19.2 Å². The van der Waals surface area contributed by atoms with E-state index >= 15 is 0 Å². The summed E-state index contributed by atoms with van der Waals surface area (Å²) in [7, 11) is 3.14. The van der Waals surface area contributed by atoms with Gasteiger partial charge in [0.25, 0.3) is 0 Å². The van der Waals surface area contributed by atoms with E-state index in [9.17, 15) is 9.90 Å². The van der Waals surface area contributed by atoms with Crippen molar-refractivity contribution in [2.24, 2.45) is 0 Å². The lowest BCUT2D eigenvalue weighted by Gasteiger charge is -2.34. The average Bonchev–Trinajstić information content (AvgIpc) is 2.65. The van der Waals surface area contributed by atoms with E-state index in [1.807, 2.05) is 30.3 Å². The fraction of sp³-hybridized carbons (Fsp3) is 0.316. The maximum absolute atomic E-state index is 12.5. The minimum Gasteiger partial charge on any atom is -0.496 e. The number of nitrogens with zero attached hydrogens (tertiary/aromatic N) is 1. The number of hydrogen-bond donors (Lipinski definition) is 2. The molecule has 6 heteroatoms. The smallest absolute Gasteiger partial charge is 0.318 e. The number of aliphatic hydroxyl groups is 1. The standard InChI is InChI=1S/C19H22N2O4/c1-24-16-8-9-17(25-2)18-14(16)11-21(12-15(18)22)19(23)20-10-13-6-4-3-5-7-13/h3-9,15,22H,10-12H2,1-2H3,(H,20,23). The third-order valence-electron chi connectivity index (χ3n) is 4.36. The highest BCUT2D eigenvalue weighted by atomic mass is 16.5. The molecule has 132 valence electrons. The van der Waals surface area contributed by atoms with Gasteiger partial charge in [0.2, 0.25) is 0 Å². The van der Waals surface area contributed by atoms with Crippen molar-refractivity contribution >= 4 is 6.03 Å². The molecule has 1 atom stereocenters. The first-order chi connectivity index (χ1) is 12.1. The highest BCUT2D eigenvalue weighted by Gasteiger charge is 2.31. The molecule has 2 amide bonds. The van der Waals surface area contributed by atoms with Gasteiger partial charge in [0.1, 0.15) is 17.6 Å². The number of carbonyl (C=O) groups is 1. The molecule has 1 aliphatic rings. The Morgan fingerprint density at radius 1 is 1.16 bits per heavy atom. The minimum absolute atomic E-state index is 0.206. The molecule has 3 rings (SSSR count). The number of urea groups is 1. The first-order valence-corrected chi connectivity index (χ1v) is 8.12. The Morgan fingerprint density at radius 2 is 1.84 bits per heavy atom. The van der Waals surface area contributed by atoms with Crippen LogP contribution in [0, 0.1) is 0 Å². The van der Waals surface area contributed by atoms with Crippen LogP contribution in [0.5, 0.6) is 11.5 Å². The van der Waals surface area contributed by atoms with Crippen molar-refractivity contribution in [3.63, 3.8) is 0 Å². The van der Waals surface area contributed by atoms with Gasteiger partial charge in [0, 0.05) is 17.7 Å². The maximum Gasteiger partial charge on any atom is 0.318 e. The molecule has 0 aliphatic carbocycles. The first kappa shape index (κ1) is 17.1. The lowest BCUT2D eigenvalue weighted by molar-refractivity contribution is 0.100. The molecule has 6 nitrogen and oxygen atoms in total. The molecular weight excluding hydrogens is 320 g/mol. The van der Waals surface area contributed by atoms with E-state index in [-0.39, 0.29) is 12.6 Å². The van der Waals surface area contributed by atoms with Gasteiger partial charge in [0.05, 0.1) is 27.3 Å².